The van der Waals surface area contributed by atoms with Gasteiger partial charge in [-0.1, -0.05) is 12.8 Å². The lowest BCUT2D eigenvalue weighted by molar-refractivity contribution is 0.0752. The molecule has 1 aromatic rings. The van der Waals surface area contributed by atoms with E-state index in [0.29, 0.717) is 13.1 Å². The molecule has 7 heteroatoms. The first kappa shape index (κ1) is 11.6. The molecule has 1 aromatic heterocycles. The van der Waals surface area contributed by atoms with Gasteiger partial charge in [0.15, 0.2) is 0 Å². The highest BCUT2D eigenvalue weighted by molar-refractivity contribution is 5.91. The Morgan fingerprint density at radius 1 is 1.12 bits per heavy atom. The maximum Gasteiger partial charge on any atom is 0.342 e. The van der Waals surface area contributed by atoms with Crippen molar-refractivity contribution in [1.29, 1.82) is 0 Å². The molecule has 0 saturated carbocycles. The van der Waals surface area contributed by atoms with Gasteiger partial charge in [-0.05, 0) is 12.8 Å². The van der Waals surface area contributed by atoms with E-state index in [1.165, 1.54) is 0 Å². The summed E-state index contributed by atoms with van der Waals surface area (Å²) >= 11 is 0. The summed E-state index contributed by atoms with van der Waals surface area (Å²) in [6.45, 7) is 1.28. The Labute approximate surface area is 96.9 Å². The zero-order valence-corrected chi connectivity index (χ0v) is 9.36. The molecule has 17 heavy (non-hydrogen) atoms. The van der Waals surface area contributed by atoms with E-state index in [2.05, 4.69) is 10.2 Å². The van der Waals surface area contributed by atoms with Crippen LogP contribution < -0.4 is 11.2 Å². The second kappa shape index (κ2) is 4.94. The lowest BCUT2D eigenvalue weighted by Gasteiger charge is -2.18. The Morgan fingerprint density at radius 3 is 2.35 bits per heavy atom. The summed E-state index contributed by atoms with van der Waals surface area (Å²) < 4.78 is 0. The van der Waals surface area contributed by atoms with E-state index in [4.69, 9.17) is 0 Å². The number of hydrogen-bond donors (Lipinski definition) is 2. The minimum Gasteiger partial charge on any atom is -0.337 e. The molecule has 0 spiro atoms. The summed E-state index contributed by atoms with van der Waals surface area (Å²) in [6.07, 6.45) is 4.07. The molecule has 1 fully saturated rings. The van der Waals surface area contributed by atoms with Crippen LogP contribution in [0.2, 0.25) is 0 Å². The second-order valence-corrected chi connectivity index (χ2v) is 4.06. The van der Waals surface area contributed by atoms with Gasteiger partial charge >= 0.3 is 5.69 Å². The largest absolute Gasteiger partial charge is 0.342 e. The van der Waals surface area contributed by atoms with Gasteiger partial charge in [0.25, 0.3) is 11.5 Å². The second-order valence-electron chi connectivity index (χ2n) is 4.06. The van der Waals surface area contributed by atoms with Crippen molar-refractivity contribution >= 4 is 5.91 Å². The fraction of sp³-hybridized carbons (Fsp3) is 0.600. The predicted octanol–water partition coefficient (Wildman–Crippen LogP) is -0.526. The third-order valence-electron chi connectivity index (χ3n) is 2.81. The molecular weight excluding hydrogens is 224 g/mol. The SMILES string of the molecule is O=C(c1n[nH]c(=O)[nH]c1=O)N1CCCCCC1. The van der Waals surface area contributed by atoms with E-state index < -0.39 is 17.2 Å². The number of H-pyrrole nitrogens is 2. The van der Waals surface area contributed by atoms with Gasteiger partial charge < -0.3 is 4.90 Å². The zero-order valence-electron chi connectivity index (χ0n) is 9.36. The van der Waals surface area contributed by atoms with Gasteiger partial charge in [0.1, 0.15) is 0 Å². The van der Waals surface area contributed by atoms with Crippen LogP contribution in [-0.2, 0) is 0 Å². The number of rotatable bonds is 1. The number of amides is 1. The van der Waals surface area contributed by atoms with Crippen LogP contribution in [0.1, 0.15) is 36.2 Å². The van der Waals surface area contributed by atoms with Crippen molar-refractivity contribution in [2.75, 3.05) is 13.1 Å². The minimum atomic E-state index is -0.733. The van der Waals surface area contributed by atoms with Crippen LogP contribution in [-0.4, -0.2) is 39.1 Å². The van der Waals surface area contributed by atoms with Crippen LogP contribution in [0, 0.1) is 0 Å². The van der Waals surface area contributed by atoms with Crippen LogP contribution in [0.15, 0.2) is 9.59 Å². The standard InChI is InChI=1S/C10H14N4O3/c15-8-7(12-13-10(17)11-8)9(16)14-5-3-1-2-4-6-14/h1-6H2,(H2,11,13,15,17). The van der Waals surface area contributed by atoms with Crippen LogP contribution in [0.5, 0.6) is 0 Å². The maximum absolute atomic E-state index is 12.0. The average molecular weight is 238 g/mol. The third kappa shape index (κ3) is 2.61. The molecule has 0 radical (unpaired) electrons. The number of carbonyl (C=O) groups is 1. The summed E-state index contributed by atoms with van der Waals surface area (Å²) in [5.41, 5.74) is -1.68. The molecular formula is C10H14N4O3. The number of nitrogens with zero attached hydrogens (tertiary/aromatic N) is 2. The van der Waals surface area contributed by atoms with Gasteiger partial charge in [0, 0.05) is 13.1 Å². The Kier molecular flexibility index (Phi) is 3.36. The molecule has 2 rings (SSSR count). The fourth-order valence-corrected chi connectivity index (χ4v) is 1.92. The van der Waals surface area contributed by atoms with Crippen molar-refractivity contribution in [3.05, 3.63) is 26.5 Å². The summed E-state index contributed by atoms with van der Waals surface area (Å²) in [7, 11) is 0. The van der Waals surface area contributed by atoms with Crippen molar-refractivity contribution < 1.29 is 4.79 Å². The van der Waals surface area contributed by atoms with Gasteiger partial charge in [-0.25, -0.2) is 9.89 Å². The fourth-order valence-electron chi connectivity index (χ4n) is 1.92. The van der Waals surface area contributed by atoms with Gasteiger partial charge in [0.05, 0.1) is 0 Å². The predicted molar refractivity (Wildman–Crippen MR) is 59.8 cm³/mol. The van der Waals surface area contributed by atoms with E-state index in [-0.39, 0.29) is 5.69 Å². The Bertz CT molecular complexity index is 511. The first-order chi connectivity index (χ1) is 8.18. The number of likely N-dealkylation sites (tertiary alicyclic amines) is 1. The number of carbonyl (C=O) groups excluding carboxylic acids is 1. The van der Waals surface area contributed by atoms with E-state index in [1.54, 1.807) is 4.90 Å². The molecule has 0 unspecified atom stereocenters. The van der Waals surface area contributed by atoms with E-state index in [0.717, 1.165) is 25.7 Å². The molecule has 1 saturated heterocycles. The summed E-state index contributed by atoms with van der Waals surface area (Å²) in [4.78, 5) is 37.8. The van der Waals surface area contributed by atoms with Crippen molar-refractivity contribution in [2.24, 2.45) is 0 Å². The summed E-state index contributed by atoms with van der Waals surface area (Å²) in [6, 6.07) is 0. The van der Waals surface area contributed by atoms with Crippen LogP contribution in [0.25, 0.3) is 0 Å². The van der Waals surface area contributed by atoms with E-state index in [1.807, 2.05) is 4.98 Å². The Hall–Kier alpha value is -1.92. The monoisotopic (exact) mass is 238 g/mol. The summed E-state index contributed by atoms with van der Waals surface area (Å²) in [5, 5.41) is 5.58. The topological polar surface area (TPSA) is 98.9 Å². The smallest absolute Gasteiger partial charge is 0.337 e. The molecule has 0 aromatic carbocycles. The molecule has 2 N–H and O–H groups in total. The van der Waals surface area contributed by atoms with Crippen LogP contribution in [0.3, 0.4) is 0 Å². The quantitative estimate of drug-likeness (QED) is 0.687. The number of hydrogen-bond acceptors (Lipinski definition) is 4. The third-order valence-corrected chi connectivity index (χ3v) is 2.81. The molecule has 92 valence electrons. The van der Waals surface area contributed by atoms with Crippen molar-refractivity contribution in [3.8, 4) is 0 Å². The number of nitrogens with one attached hydrogen (secondary N) is 2. The Balaban J connectivity index is 2.23. The van der Waals surface area contributed by atoms with Crippen LogP contribution >= 0.6 is 0 Å². The van der Waals surface area contributed by atoms with Crippen molar-refractivity contribution in [2.45, 2.75) is 25.7 Å². The van der Waals surface area contributed by atoms with Crippen molar-refractivity contribution in [1.82, 2.24) is 20.1 Å². The van der Waals surface area contributed by atoms with Gasteiger partial charge in [0.2, 0.25) is 5.69 Å². The zero-order chi connectivity index (χ0) is 12.3. The van der Waals surface area contributed by atoms with Gasteiger partial charge in [-0.2, -0.15) is 5.10 Å². The first-order valence-corrected chi connectivity index (χ1v) is 5.67. The number of aromatic amines is 2. The molecule has 1 aliphatic heterocycles. The first-order valence-electron chi connectivity index (χ1n) is 5.67. The minimum absolute atomic E-state index is 0.244. The highest BCUT2D eigenvalue weighted by atomic mass is 16.2. The molecule has 1 amide bonds. The molecule has 0 aliphatic carbocycles. The Morgan fingerprint density at radius 2 is 1.76 bits per heavy atom. The van der Waals surface area contributed by atoms with Gasteiger partial charge in [-0.15, -0.1) is 0 Å². The molecule has 7 nitrogen and oxygen atoms in total. The van der Waals surface area contributed by atoms with Crippen molar-refractivity contribution in [3.63, 3.8) is 0 Å². The van der Waals surface area contributed by atoms with E-state index >= 15 is 0 Å². The highest BCUT2D eigenvalue weighted by Crippen LogP contribution is 2.10. The lowest BCUT2D eigenvalue weighted by Crippen LogP contribution is -2.39. The van der Waals surface area contributed by atoms with Crippen LogP contribution in [0.4, 0.5) is 0 Å². The average Bonchev–Trinajstić information content (AvgIpc) is 2.56. The van der Waals surface area contributed by atoms with E-state index in [9.17, 15) is 14.4 Å². The molecule has 2 heterocycles. The molecule has 0 atom stereocenters. The highest BCUT2D eigenvalue weighted by Gasteiger charge is 2.21. The van der Waals surface area contributed by atoms with Gasteiger partial charge in [-0.3, -0.25) is 14.6 Å². The molecule has 0 bridgehead atoms. The maximum atomic E-state index is 12.0. The number of aromatic nitrogens is 3. The normalized spacial score (nSPS) is 16.6. The summed E-state index contributed by atoms with van der Waals surface area (Å²) in [5.74, 6) is -0.413. The molecule has 1 aliphatic rings. The lowest BCUT2D eigenvalue weighted by atomic mass is 10.2.